The second kappa shape index (κ2) is 6.26. The fourth-order valence-corrected chi connectivity index (χ4v) is 3.57. The predicted octanol–water partition coefficient (Wildman–Crippen LogP) is 2.70. The van der Waals surface area contributed by atoms with Crippen LogP contribution >= 0.6 is 11.3 Å². The fraction of sp³-hybridized carbons (Fsp3) is 0.571. The first-order valence-electron chi connectivity index (χ1n) is 6.91. The number of nitrogens with two attached hydrogens (primary N) is 1. The Labute approximate surface area is 122 Å². The minimum atomic E-state index is -0.436. The van der Waals surface area contributed by atoms with Crippen LogP contribution in [0.15, 0.2) is 0 Å². The van der Waals surface area contributed by atoms with E-state index >= 15 is 0 Å². The van der Waals surface area contributed by atoms with Crippen molar-refractivity contribution in [2.24, 2.45) is 0 Å². The van der Waals surface area contributed by atoms with Crippen molar-refractivity contribution < 1.29 is 14.3 Å². The van der Waals surface area contributed by atoms with E-state index in [0.29, 0.717) is 17.0 Å². The molecule has 2 rings (SSSR count). The average Bonchev–Trinajstić information content (AvgIpc) is 2.78. The molecule has 1 aromatic rings. The summed E-state index contributed by atoms with van der Waals surface area (Å²) in [6.45, 7) is 5.31. The zero-order valence-electron chi connectivity index (χ0n) is 11.9. The minimum absolute atomic E-state index is 0.110. The van der Waals surface area contributed by atoms with Gasteiger partial charge in [0.2, 0.25) is 0 Å². The van der Waals surface area contributed by atoms with Gasteiger partial charge in [-0.3, -0.25) is 4.79 Å². The van der Waals surface area contributed by atoms with Crippen LogP contribution in [0.25, 0.3) is 0 Å². The van der Waals surface area contributed by atoms with Gasteiger partial charge < -0.3 is 15.4 Å². The molecular formula is C14H20N2O3S. The third-order valence-corrected chi connectivity index (χ3v) is 4.74. The summed E-state index contributed by atoms with van der Waals surface area (Å²) >= 11 is 1.31. The van der Waals surface area contributed by atoms with E-state index in [9.17, 15) is 9.59 Å². The third-order valence-electron chi connectivity index (χ3n) is 3.37. The number of nitrogen functional groups attached to an aromatic ring is 1. The van der Waals surface area contributed by atoms with Gasteiger partial charge in [0.1, 0.15) is 10.6 Å². The van der Waals surface area contributed by atoms with Crippen LogP contribution in [0.5, 0.6) is 0 Å². The first-order valence-corrected chi connectivity index (χ1v) is 7.73. The van der Waals surface area contributed by atoms with E-state index in [2.05, 4.69) is 4.90 Å². The van der Waals surface area contributed by atoms with E-state index in [0.717, 1.165) is 30.9 Å². The normalized spacial score (nSPS) is 15.2. The first-order chi connectivity index (χ1) is 9.56. The highest BCUT2D eigenvalue weighted by molar-refractivity contribution is 7.19. The quantitative estimate of drug-likeness (QED) is 0.683. The number of thiophene rings is 1. The lowest BCUT2D eigenvalue weighted by Gasteiger charge is -2.28. The first kappa shape index (κ1) is 14.8. The number of Topliss-reactive ketones (excluding diaryl/α,β-unsaturated/α-hetero) is 1. The van der Waals surface area contributed by atoms with E-state index in [1.807, 2.05) is 0 Å². The van der Waals surface area contributed by atoms with Crippen LogP contribution in [0.2, 0.25) is 0 Å². The molecule has 0 spiro atoms. The zero-order valence-corrected chi connectivity index (χ0v) is 12.7. The van der Waals surface area contributed by atoms with Gasteiger partial charge in [-0.1, -0.05) is 0 Å². The Morgan fingerprint density at radius 1 is 1.30 bits per heavy atom. The van der Waals surface area contributed by atoms with E-state index in [1.54, 1.807) is 6.92 Å². The topological polar surface area (TPSA) is 72.6 Å². The maximum absolute atomic E-state index is 12.1. The van der Waals surface area contributed by atoms with Crippen molar-refractivity contribution in [2.45, 2.75) is 33.1 Å². The summed E-state index contributed by atoms with van der Waals surface area (Å²) in [6, 6.07) is 0. The van der Waals surface area contributed by atoms with Crippen molar-refractivity contribution in [3.05, 3.63) is 10.4 Å². The van der Waals surface area contributed by atoms with Gasteiger partial charge in [-0.25, -0.2) is 4.79 Å². The van der Waals surface area contributed by atoms with Crippen molar-refractivity contribution in [1.82, 2.24) is 0 Å². The van der Waals surface area contributed by atoms with Gasteiger partial charge in [0.15, 0.2) is 5.78 Å². The summed E-state index contributed by atoms with van der Waals surface area (Å²) in [7, 11) is 0. The molecule has 0 amide bonds. The van der Waals surface area contributed by atoms with E-state index in [4.69, 9.17) is 10.5 Å². The number of carbonyl (C=O) groups is 2. The molecule has 1 aromatic heterocycles. The predicted molar refractivity (Wildman–Crippen MR) is 80.8 cm³/mol. The highest BCUT2D eigenvalue weighted by Crippen LogP contribution is 2.40. The number of ketones is 1. The molecule has 0 unspecified atom stereocenters. The second-order valence-corrected chi connectivity index (χ2v) is 5.85. The number of hydrogen-bond donors (Lipinski definition) is 1. The molecule has 110 valence electrons. The lowest BCUT2D eigenvalue weighted by molar-refractivity contribution is 0.0529. The number of ether oxygens (including phenoxy) is 1. The number of rotatable bonds is 4. The summed E-state index contributed by atoms with van der Waals surface area (Å²) in [4.78, 5) is 26.4. The average molecular weight is 296 g/mol. The third kappa shape index (κ3) is 2.80. The number of anilines is 2. The molecule has 0 atom stereocenters. The number of esters is 1. The Balaban J connectivity index is 2.44. The summed E-state index contributed by atoms with van der Waals surface area (Å²) < 4.78 is 5.08. The molecule has 0 radical (unpaired) electrons. The van der Waals surface area contributed by atoms with Crippen LogP contribution in [-0.2, 0) is 4.74 Å². The van der Waals surface area contributed by atoms with Gasteiger partial charge in [0.25, 0.3) is 0 Å². The minimum Gasteiger partial charge on any atom is -0.462 e. The molecule has 1 aliphatic heterocycles. The number of hydrogen-bond acceptors (Lipinski definition) is 6. The Morgan fingerprint density at radius 3 is 2.50 bits per heavy atom. The van der Waals surface area contributed by atoms with E-state index in [-0.39, 0.29) is 11.5 Å². The summed E-state index contributed by atoms with van der Waals surface area (Å²) in [5.41, 5.74) is 6.64. The molecule has 5 nitrogen and oxygen atoms in total. The Bertz CT molecular complexity index is 519. The van der Waals surface area contributed by atoms with Crippen LogP contribution in [0.4, 0.5) is 10.7 Å². The number of carbonyl (C=O) groups excluding carboxylic acids is 2. The van der Waals surface area contributed by atoms with Gasteiger partial charge in [-0.15, -0.1) is 11.3 Å². The number of piperidine rings is 1. The molecular weight excluding hydrogens is 276 g/mol. The highest BCUT2D eigenvalue weighted by Gasteiger charge is 2.28. The molecule has 2 heterocycles. The van der Waals surface area contributed by atoms with Crippen molar-refractivity contribution in [2.75, 3.05) is 30.3 Å². The van der Waals surface area contributed by atoms with E-state index in [1.165, 1.54) is 24.7 Å². The summed E-state index contributed by atoms with van der Waals surface area (Å²) in [6.07, 6.45) is 3.39. The van der Waals surface area contributed by atoms with Crippen molar-refractivity contribution in [3.63, 3.8) is 0 Å². The lowest BCUT2D eigenvalue weighted by atomic mass is 10.1. The fourth-order valence-electron chi connectivity index (χ4n) is 2.41. The molecule has 0 aromatic carbocycles. The van der Waals surface area contributed by atoms with Crippen molar-refractivity contribution in [1.29, 1.82) is 0 Å². The van der Waals surface area contributed by atoms with Gasteiger partial charge in [0, 0.05) is 20.0 Å². The summed E-state index contributed by atoms with van der Waals surface area (Å²) in [5, 5.41) is 0.783. The molecule has 1 aliphatic rings. The molecule has 1 saturated heterocycles. The smallest absolute Gasteiger partial charge is 0.343 e. The number of nitrogens with zero attached hydrogens (tertiary/aromatic N) is 1. The Morgan fingerprint density at radius 2 is 1.95 bits per heavy atom. The van der Waals surface area contributed by atoms with Crippen LogP contribution in [0, 0.1) is 0 Å². The Hall–Kier alpha value is -1.56. The highest BCUT2D eigenvalue weighted by atomic mass is 32.1. The van der Waals surface area contributed by atoms with Crippen LogP contribution in [-0.4, -0.2) is 31.4 Å². The SMILES string of the molecule is CCOC(=O)c1c(N2CCCCC2)sc(C(C)=O)c1N. The van der Waals surface area contributed by atoms with Crippen LogP contribution in [0.3, 0.4) is 0 Å². The monoisotopic (exact) mass is 296 g/mol. The van der Waals surface area contributed by atoms with Gasteiger partial charge in [0.05, 0.1) is 17.2 Å². The van der Waals surface area contributed by atoms with Crippen LogP contribution in [0.1, 0.15) is 53.1 Å². The second-order valence-electron chi connectivity index (χ2n) is 4.85. The van der Waals surface area contributed by atoms with Crippen molar-refractivity contribution >= 4 is 33.8 Å². The molecule has 2 N–H and O–H groups in total. The maximum Gasteiger partial charge on any atom is 0.343 e. The largest absolute Gasteiger partial charge is 0.462 e. The maximum atomic E-state index is 12.1. The molecule has 1 fully saturated rings. The van der Waals surface area contributed by atoms with Gasteiger partial charge in [-0.05, 0) is 26.2 Å². The molecule has 20 heavy (non-hydrogen) atoms. The standard InChI is InChI=1S/C14H20N2O3S/c1-3-19-14(18)10-11(15)12(9(2)17)20-13(10)16-7-5-4-6-8-16/h3-8,15H2,1-2H3. The molecule has 0 saturated carbocycles. The molecule has 0 aliphatic carbocycles. The van der Waals surface area contributed by atoms with E-state index < -0.39 is 5.97 Å². The van der Waals surface area contributed by atoms with Crippen molar-refractivity contribution in [3.8, 4) is 0 Å². The summed E-state index contributed by atoms with van der Waals surface area (Å²) in [5.74, 6) is -0.546. The molecule has 6 heteroatoms. The molecule has 0 bridgehead atoms. The zero-order chi connectivity index (χ0) is 14.7. The Kier molecular flexibility index (Phi) is 4.65. The van der Waals surface area contributed by atoms with Crippen LogP contribution < -0.4 is 10.6 Å². The van der Waals surface area contributed by atoms with Gasteiger partial charge >= 0.3 is 5.97 Å². The van der Waals surface area contributed by atoms with Gasteiger partial charge in [-0.2, -0.15) is 0 Å². The lowest BCUT2D eigenvalue weighted by Crippen LogP contribution is -2.30.